The molecule has 0 saturated heterocycles. The molecule has 2 heterocycles. The van der Waals surface area contributed by atoms with Crippen molar-refractivity contribution in [1.82, 2.24) is 19.7 Å². The maximum atomic E-state index is 14.5. The molecule has 1 aromatic carbocycles. The Hall–Kier alpha value is -2.22. The topological polar surface area (TPSA) is 80.6 Å². The van der Waals surface area contributed by atoms with Gasteiger partial charge >= 0.3 is 0 Å². The monoisotopic (exact) mass is 362 g/mol. The van der Waals surface area contributed by atoms with Crippen LogP contribution in [0.3, 0.4) is 0 Å². The second-order valence-electron chi connectivity index (χ2n) is 6.85. The summed E-state index contributed by atoms with van der Waals surface area (Å²) in [4.78, 5) is 7.03. The standard InChI is InChI=1S/C17H19FN4O2S/c1-9-4-5-13(9)25(23,24)14-7-11-15(17-19-8-22(3)21-17)10(2)6-12(18)16(11)20-14/h6-9,13,20H,4-5H2,1-3H3/t9-,13+/m1/s1. The molecule has 0 bridgehead atoms. The molecule has 0 unspecified atom stereocenters. The number of hydrogen-bond donors (Lipinski definition) is 1. The zero-order valence-electron chi connectivity index (χ0n) is 14.2. The van der Waals surface area contributed by atoms with Crippen molar-refractivity contribution in [3.05, 3.63) is 29.8 Å². The van der Waals surface area contributed by atoms with E-state index in [2.05, 4.69) is 15.1 Å². The van der Waals surface area contributed by atoms with E-state index in [1.54, 1.807) is 25.0 Å². The molecule has 0 radical (unpaired) electrons. The quantitative estimate of drug-likeness (QED) is 0.777. The molecule has 1 fully saturated rings. The third kappa shape index (κ3) is 2.38. The molecule has 0 spiro atoms. The van der Waals surface area contributed by atoms with Crippen LogP contribution in [0.15, 0.2) is 23.5 Å². The summed E-state index contributed by atoms with van der Waals surface area (Å²) in [5.74, 6) is 0.0974. The van der Waals surface area contributed by atoms with E-state index in [0.717, 1.165) is 6.42 Å². The number of nitrogens with zero attached hydrogens (tertiary/aromatic N) is 3. The van der Waals surface area contributed by atoms with Crippen LogP contribution >= 0.6 is 0 Å². The van der Waals surface area contributed by atoms with Crippen LogP contribution in [0.4, 0.5) is 4.39 Å². The van der Waals surface area contributed by atoms with Crippen molar-refractivity contribution in [3.63, 3.8) is 0 Å². The predicted octanol–water partition coefficient (Wildman–Crippen LogP) is 2.98. The van der Waals surface area contributed by atoms with Gasteiger partial charge in [0.2, 0.25) is 0 Å². The van der Waals surface area contributed by atoms with E-state index in [9.17, 15) is 12.8 Å². The average molecular weight is 362 g/mol. The Labute approximate surface area is 145 Å². The minimum absolute atomic E-state index is 0.0701. The van der Waals surface area contributed by atoms with Gasteiger partial charge in [-0.3, -0.25) is 4.68 Å². The Morgan fingerprint density at radius 2 is 2.08 bits per heavy atom. The maximum Gasteiger partial charge on any atom is 0.196 e. The highest BCUT2D eigenvalue weighted by atomic mass is 32.2. The summed E-state index contributed by atoms with van der Waals surface area (Å²) in [6.45, 7) is 3.70. The maximum absolute atomic E-state index is 14.5. The summed E-state index contributed by atoms with van der Waals surface area (Å²) in [5.41, 5.74) is 1.49. The number of aromatic nitrogens is 4. The Balaban J connectivity index is 1.95. The fourth-order valence-corrected chi connectivity index (χ4v) is 5.57. The van der Waals surface area contributed by atoms with Crippen LogP contribution in [0.25, 0.3) is 22.3 Å². The van der Waals surface area contributed by atoms with E-state index in [0.29, 0.717) is 28.8 Å². The normalized spacial score (nSPS) is 20.8. The van der Waals surface area contributed by atoms with E-state index >= 15 is 0 Å². The molecule has 6 nitrogen and oxygen atoms in total. The van der Waals surface area contributed by atoms with Gasteiger partial charge < -0.3 is 4.98 Å². The van der Waals surface area contributed by atoms with Gasteiger partial charge in [0.15, 0.2) is 15.7 Å². The van der Waals surface area contributed by atoms with Crippen molar-refractivity contribution in [2.24, 2.45) is 13.0 Å². The molecule has 0 aliphatic heterocycles. The molecule has 1 N–H and O–H groups in total. The number of hydrogen-bond acceptors (Lipinski definition) is 4. The zero-order chi connectivity index (χ0) is 17.9. The third-order valence-electron chi connectivity index (χ3n) is 5.11. The molecule has 1 aliphatic rings. The summed E-state index contributed by atoms with van der Waals surface area (Å²) in [6, 6.07) is 2.91. The van der Waals surface area contributed by atoms with E-state index in [1.165, 1.54) is 12.1 Å². The Bertz CT molecular complexity index is 1080. The van der Waals surface area contributed by atoms with Gasteiger partial charge in [-0.15, -0.1) is 0 Å². The van der Waals surface area contributed by atoms with Gasteiger partial charge in [0.05, 0.1) is 10.8 Å². The fraction of sp³-hybridized carbons (Fsp3) is 0.412. The molecule has 4 rings (SSSR count). The largest absolute Gasteiger partial charge is 0.343 e. The number of halogens is 1. The van der Waals surface area contributed by atoms with Crippen molar-refractivity contribution >= 4 is 20.7 Å². The van der Waals surface area contributed by atoms with Crippen LogP contribution in [0.1, 0.15) is 25.3 Å². The van der Waals surface area contributed by atoms with E-state index in [4.69, 9.17) is 0 Å². The summed E-state index contributed by atoms with van der Waals surface area (Å²) < 4.78 is 41.7. The van der Waals surface area contributed by atoms with Gasteiger partial charge in [0, 0.05) is 18.0 Å². The van der Waals surface area contributed by atoms with Gasteiger partial charge in [0.25, 0.3) is 0 Å². The van der Waals surface area contributed by atoms with Crippen LogP contribution in [-0.2, 0) is 16.9 Å². The average Bonchev–Trinajstić information content (AvgIpc) is 3.13. The second-order valence-corrected chi connectivity index (χ2v) is 8.99. The Kier molecular flexibility index (Phi) is 3.50. The van der Waals surface area contributed by atoms with Gasteiger partial charge in [0.1, 0.15) is 17.2 Å². The highest BCUT2D eigenvalue weighted by molar-refractivity contribution is 7.92. The minimum atomic E-state index is -3.50. The van der Waals surface area contributed by atoms with Crippen molar-refractivity contribution < 1.29 is 12.8 Å². The SMILES string of the molecule is Cc1cc(F)c2[nH]c(S(=O)(=O)[C@H]3CC[C@H]3C)cc2c1-c1ncn(C)n1. The van der Waals surface area contributed by atoms with Crippen molar-refractivity contribution in [2.75, 3.05) is 0 Å². The first kappa shape index (κ1) is 16.3. The Morgan fingerprint density at radius 1 is 1.32 bits per heavy atom. The highest BCUT2D eigenvalue weighted by Crippen LogP contribution is 2.39. The van der Waals surface area contributed by atoms with E-state index in [1.807, 2.05) is 6.92 Å². The van der Waals surface area contributed by atoms with Gasteiger partial charge in [-0.2, -0.15) is 5.10 Å². The number of rotatable bonds is 3. The number of fused-ring (bicyclic) bond motifs is 1. The predicted molar refractivity (Wildman–Crippen MR) is 92.4 cm³/mol. The fourth-order valence-electron chi connectivity index (χ4n) is 3.53. The molecule has 3 aromatic rings. The van der Waals surface area contributed by atoms with E-state index < -0.39 is 20.9 Å². The van der Waals surface area contributed by atoms with Gasteiger partial charge in [-0.05, 0) is 43.4 Å². The van der Waals surface area contributed by atoms with Crippen LogP contribution < -0.4 is 0 Å². The van der Waals surface area contributed by atoms with Crippen molar-refractivity contribution in [1.29, 1.82) is 0 Å². The molecule has 0 amide bonds. The summed E-state index contributed by atoms with van der Waals surface area (Å²) >= 11 is 0. The van der Waals surface area contributed by atoms with Crippen molar-refractivity contribution in [3.8, 4) is 11.4 Å². The molecule has 1 aliphatic carbocycles. The first-order valence-electron chi connectivity index (χ1n) is 8.20. The number of nitrogens with one attached hydrogen (secondary N) is 1. The summed E-state index contributed by atoms with van der Waals surface area (Å²) in [7, 11) is -1.76. The first-order valence-corrected chi connectivity index (χ1v) is 9.75. The van der Waals surface area contributed by atoms with Crippen LogP contribution in [0, 0.1) is 18.7 Å². The number of sulfone groups is 1. The molecule has 25 heavy (non-hydrogen) atoms. The summed E-state index contributed by atoms with van der Waals surface area (Å²) in [5, 5.41) is 4.45. The van der Waals surface area contributed by atoms with Crippen LogP contribution in [0.2, 0.25) is 0 Å². The molecule has 8 heteroatoms. The lowest BCUT2D eigenvalue weighted by atomic mass is 9.87. The molecule has 2 atom stereocenters. The van der Waals surface area contributed by atoms with Gasteiger partial charge in [-0.25, -0.2) is 17.8 Å². The number of aromatic amines is 1. The lowest BCUT2D eigenvalue weighted by Gasteiger charge is -2.32. The minimum Gasteiger partial charge on any atom is -0.343 e. The number of H-pyrrole nitrogens is 1. The highest BCUT2D eigenvalue weighted by Gasteiger charge is 2.40. The molecular formula is C17H19FN4O2S. The van der Waals surface area contributed by atoms with Crippen LogP contribution in [-0.4, -0.2) is 33.4 Å². The van der Waals surface area contributed by atoms with Crippen LogP contribution in [0.5, 0.6) is 0 Å². The number of aryl methyl sites for hydroxylation is 2. The second kappa shape index (κ2) is 5.39. The third-order valence-corrected chi connectivity index (χ3v) is 7.44. The molecular weight excluding hydrogens is 343 g/mol. The zero-order valence-corrected chi connectivity index (χ0v) is 15.1. The van der Waals surface area contributed by atoms with E-state index in [-0.39, 0.29) is 16.5 Å². The summed E-state index contributed by atoms with van der Waals surface area (Å²) in [6.07, 6.45) is 3.11. The van der Waals surface area contributed by atoms with Gasteiger partial charge in [-0.1, -0.05) is 6.92 Å². The lowest BCUT2D eigenvalue weighted by Crippen LogP contribution is -2.37. The Morgan fingerprint density at radius 3 is 2.64 bits per heavy atom. The smallest absolute Gasteiger partial charge is 0.196 e. The number of benzene rings is 1. The molecule has 1 saturated carbocycles. The lowest BCUT2D eigenvalue weighted by molar-refractivity contribution is 0.344. The molecule has 2 aromatic heterocycles. The van der Waals surface area contributed by atoms with Crippen molar-refractivity contribution in [2.45, 2.75) is 37.0 Å². The first-order chi connectivity index (χ1) is 11.8. The molecule has 132 valence electrons.